The van der Waals surface area contributed by atoms with E-state index in [1.54, 1.807) is 12.1 Å². The van der Waals surface area contributed by atoms with Crippen LogP contribution >= 0.6 is 11.6 Å². The van der Waals surface area contributed by atoms with Crippen molar-refractivity contribution in [1.29, 1.82) is 0 Å². The first-order valence-electron chi connectivity index (χ1n) is 11.0. The Balaban J connectivity index is 0.000000429. The first kappa shape index (κ1) is 26.7. The van der Waals surface area contributed by atoms with Crippen molar-refractivity contribution in [3.63, 3.8) is 0 Å². The van der Waals surface area contributed by atoms with E-state index >= 15 is 0 Å². The van der Waals surface area contributed by atoms with E-state index in [1.807, 2.05) is 25.1 Å². The summed E-state index contributed by atoms with van der Waals surface area (Å²) in [7, 11) is 0. The van der Waals surface area contributed by atoms with Gasteiger partial charge in [0.15, 0.2) is 0 Å². The van der Waals surface area contributed by atoms with Gasteiger partial charge in [-0.05, 0) is 61.8 Å². The summed E-state index contributed by atoms with van der Waals surface area (Å²) in [6.45, 7) is 2.35. The number of hydrogen-bond donors (Lipinski definition) is 3. The summed E-state index contributed by atoms with van der Waals surface area (Å²) in [5.41, 5.74) is 3.06. The summed E-state index contributed by atoms with van der Waals surface area (Å²) in [6, 6.07) is 11.4. The number of carbonyl (C=O) groups is 2. The molecule has 190 valence electrons. The van der Waals surface area contributed by atoms with Crippen LogP contribution in [0.1, 0.15) is 31.2 Å². The van der Waals surface area contributed by atoms with E-state index in [2.05, 4.69) is 10.6 Å². The van der Waals surface area contributed by atoms with E-state index < -0.39 is 24.1 Å². The summed E-state index contributed by atoms with van der Waals surface area (Å²) < 4.78 is 50.8. The number of anilines is 1. The zero-order valence-corrected chi connectivity index (χ0v) is 19.5. The molecular weight excluding hydrogens is 492 g/mol. The second kappa shape index (κ2) is 11.3. The van der Waals surface area contributed by atoms with Crippen LogP contribution in [0, 0.1) is 18.7 Å². The van der Waals surface area contributed by atoms with Crippen molar-refractivity contribution >= 4 is 29.4 Å². The van der Waals surface area contributed by atoms with Crippen molar-refractivity contribution in [1.82, 2.24) is 5.32 Å². The molecule has 2 aromatic rings. The summed E-state index contributed by atoms with van der Waals surface area (Å²) in [5.74, 6) is -2.81. The second-order valence-electron chi connectivity index (χ2n) is 8.63. The van der Waals surface area contributed by atoms with Gasteiger partial charge in [0.2, 0.25) is 0 Å². The van der Waals surface area contributed by atoms with Gasteiger partial charge in [0, 0.05) is 17.6 Å². The van der Waals surface area contributed by atoms with Crippen molar-refractivity contribution in [2.24, 2.45) is 5.92 Å². The fourth-order valence-corrected chi connectivity index (χ4v) is 4.56. The number of benzene rings is 2. The highest BCUT2D eigenvalue weighted by atomic mass is 35.5. The van der Waals surface area contributed by atoms with Crippen LogP contribution in [-0.4, -0.2) is 42.0 Å². The molecular formula is C24H25ClF4N2O4. The fourth-order valence-electron chi connectivity index (χ4n) is 4.38. The summed E-state index contributed by atoms with van der Waals surface area (Å²) in [5, 5.41) is 13.6. The van der Waals surface area contributed by atoms with Gasteiger partial charge in [-0.1, -0.05) is 35.9 Å². The summed E-state index contributed by atoms with van der Waals surface area (Å²) in [4.78, 5) is 21.4. The molecule has 11 heteroatoms. The minimum Gasteiger partial charge on any atom is -0.475 e. The number of ether oxygens (including phenoxy) is 1. The van der Waals surface area contributed by atoms with Crippen molar-refractivity contribution < 1.29 is 37.0 Å². The third-order valence-corrected chi connectivity index (χ3v) is 6.28. The molecule has 2 bridgehead atoms. The summed E-state index contributed by atoms with van der Waals surface area (Å²) >= 11 is 5.93. The number of halogens is 5. The highest BCUT2D eigenvalue weighted by Crippen LogP contribution is 2.34. The topological polar surface area (TPSA) is 87.7 Å². The van der Waals surface area contributed by atoms with E-state index in [1.165, 1.54) is 18.9 Å². The standard InChI is InChI=1S/C22H24ClFN2O2.C2HF3O2/c1-13-3-2-4-18(15-5-8-20(24)19(23)11-15)21(13)26-22(27)28-12-14-9-16-6-7-17(10-14)25-16;3-2(4,5)1(6)7/h2-5,8,11,14,16-17,25H,6-7,9-10,12H2,1H3,(H,26,27);(H,6,7). The van der Waals surface area contributed by atoms with Gasteiger partial charge >= 0.3 is 18.2 Å². The molecule has 0 saturated carbocycles. The molecule has 6 nitrogen and oxygen atoms in total. The third-order valence-electron chi connectivity index (χ3n) is 5.99. The molecule has 2 fully saturated rings. The van der Waals surface area contributed by atoms with Crippen LogP contribution < -0.4 is 10.6 Å². The molecule has 2 saturated heterocycles. The molecule has 2 aromatic carbocycles. The van der Waals surface area contributed by atoms with Gasteiger partial charge in [-0.15, -0.1) is 0 Å². The minimum atomic E-state index is -5.08. The fraction of sp³-hybridized carbons (Fsp3) is 0.417. The van der Waals surface area contributed by atoms with Crippen molar-refractivity contribution in [3.05, 3.63) is 52.8 Å². The number of amides is 1. The molecule has 0 aliphatic carbocycles. The monoisotopic (exact) mass is 516 g/mol. The third kappa shape index (κ3) is 7.32. The number of carboxylic acid groups (broad SMARTS) is 1. The lowest BCUT2D eigenvalue weighted by molar-refractivity contribution is -0.192. The molecule has 2 aliphatic heterocycles. The Morgan fingerprint density at radius 1 is 1.17 bits per heavy atom. The van der Waals surface area contributed by atoms with Gasteiger partial charge in [0.25, 0.3) is 0 Å². The van der Waals surface area contributed by atoms with E-state index in [4.69, 9.17) is 26.2 Å². The maximum Gasteiger partial charge on any atom is 0.490 e. The van der Waals surface area contributed by atoms with E-state index in [0.29, 0.717) is 30.3 Å². The van der Waals surface area contributed by atoms with E-state index in [0.717, 1.165) is 29.5 Å². The van der Waals surface area contributed by atoms with Gasteiger partial charge in [-0.3, -0.25) is 5.32 Å². The number of nitrogens with one attached hydrogen (secondary N) is 2. The maximum absolute atomic E-state index is 13.5. The van der Waals surface area contributed by atoms with Crippen LogP contribution in [0.5, 0.6) is 0 Å². The normalized spacial score (nSPS) is 21.0. The van der Waals surface area contributed by atoms with Crippen molar-refractivity contribution in [2.45, 2.75) is 50.9 Å². The van der Waals surface area contributed by atoms with Crippen molar-refractivity contribution in [2.75, 3.05) is 11.9 Å². The number of piperidine rings is 1. The Hall–Kier alpha value is -2.85. The Labute approximate surface area is 204 Å². The number of rotatable bonds is 4. The first-order valence-corrected chi connectivity index (χ1v) is 11.4. The van der Waals surface area contributed by atoms with E-state index in [-0.39, 0.29) is 5.02 Å². The molecule has 2 aliphatic rings. The minimum absolute atomic E-state index is 0.0491. The average Bonchev–Trinajstić information content (AvgIpc) is 3.13. The first-order chi connectivity index (χ1) is 16.4. The number of alkyl halides is 3. The molecule has 0 spiro atoms. The Morgan fingerprint density at radius 3 is 2.37 bits per heavy atom. The van der Waals surface area contributed by atoms with Crippen LogP contribution in [0.4, 0.5) is 28.0 Å². The molecule has 0 aromatic heterocycles. The molecule has 2 atom stereocenters. The SMILES string of the molecule is Cc1cccc(-c2ccc(F)c(Cl)c2)c1NC(=O)OCC1CC2CCC(C1)N2.O=C(O)C(F)(F)F. The number of carbonyl (C=O) groups excluding carboxylic acids is 1. The number of para-hydroxylation sites is 1. The zero-order chi connectivity index (χ0) is 25.8. The van der Waals surface area contributed by atoms with Crippen LogP contribution in [0.25, 0.3) is 11.1 Å². The Bertz CT molecular complexity index is 1070. The van der Waals surface area contributed by atoms with E-state index in [9.17, 15) is 22.4 Å². The lowest BCUT2D eigenvalue weighted by Gasteiger charge is -2.28. The number of fused-ring (bicyclic) bond motifs is 2. The van der Waals surface area contributed by atoms with Crippen LogP contribution in [0.15, 0.2) is 36.4 Å². The molecule has 1 amide bonds. The Morgan fingerprint density at radius 2 is 1.80 bits per heavy atom. The largest absolute Gasteiger partial charge is 0.490 e. The number of carboxylic acids is 1. The van der Waals surface area contributed by atoms with Gasteiger partial charge < -0.3 is 15.2 Å². The average molecular weight is 517 g/mol. The van der Waals surface area contributed by atoms with Crippen LogP contribution in [-0.2, 0) is 9.53 Å². The number of aryl methyl sites for hydroxylation is 1. The van der Waals surface area contributed by atoms with Gasteiger partial charge in [-0.25, -0.2) is 14.0 Å². The lowest BCUT2D eigenvalue weighted by Crippen LogP contribution is -2.39. The zero-order valence-electron chi connectivity index (χ0n) is 18.8. The predicted molar refractivity (Wildman–Crippen MR) is 123 cm³/mol. The molecule has 35 heavy (non-hydrogen) atoms. The predicted octanol–water partition coefficient (Wildman–Crippen LogP) is 6.17. The number of hydrogen-bond acceptors (Lipinski definition) is 4. The molecule has 4 rings (SSSR count). The van der Waals surface area contributed by atoms with Crippen molar-refractivity contribution in [3.8, 4) is 11.1 Å². The molecule has 3 N–H and O–H groups in total. The molecule has 0 radical (unpaired) electrons. The highest BCUT2D eigenvalue weighted by molar-refractivity contribution is 6.31. The lowest BCUT2D eigenvalue weighted by atomic mass is 9.93. The summed E-state index contributed by atoms with van der Waals surface area (Å²) in [6.07, 6.45) is -0.976. The maximum atomic E-state index is 13.5. The second-order valence-corrected chi connectivity index (χ2v) is 9.04. The number of aliphatic carboxylic acids is 1. The Kier molecular flexibility index (Phi) is 8.60. The molecule has 2 unspecified atom stereocenters. The highest BCUT2D eigenvalue weighted by Gasteiger charge is 2.38. The van der Waals surface area contributed by atoms with Crippen LogP contribution in [0.3, 0.4) is 0 Å². The quantitative estimate of drug-likeness (QED) is 0.423. The van der Waals surface area contributed by atoms with Gasteiger partial charge in [-0.2, -0.15) is 13.2 Å². The van der Waals surface area contributed by atoms with Gasteiger partial charge in [0.1, 0.15) is 5.82 Å². The van der Waals surface area contributed by atoms with Crippen LogP contribution in [0.2, 0.25) is 5.02 Å². The molecule has 2 heterocycles. The smallest absolute Gasteiger partial charge is 0.475 e. The van der Waals surface area contributed by atoms with Gasteiger partial charge in [0.05, 0.1) is 17.3 Å².